The minimum atomic E-state index is -4.49. The maximum Gasteiger partial charge on any atom is 0.469 e. The molecule has 0 saturated heterocycles. The summed E-state index contributed by atoms with van der Waals surface area (Å²) in [6.07, 6.45) is 6.77. The number of hydrogen-bond donors (Lipinski definition) is 3. The fourth-order valence-corrected chi connectivity index (χ4v) is 5.82. The van der Waals surface area contributed by atoms with Crippen LogP contribution < -0.4 is 10.5 Å². The smallest absolute Gasteiger partial charge is 0.469 e. The number of fused-ring (bicyclic) bond motifs is 1. The van der Waals surface area contributed by atoms with E-state index in [2.05, 4.69) is 43.3 Å². The Labute approximate surface area is 190 Å². The average Bonchev–Trinajstić information content (AvgIpc) is 3.15. The highest BCUT2D eigenvalue weighted by Gasteiger charge is 2.38. The number of rotatable bonds is 7. The van der Waals surface area contributed by atoms with Gasteiger partial charge in [-0.05, 0) is 104 Å². The lowest BCUT2D eigenvalue weighted by molar-refractivity contribution is 0.153. The quantitative estimate of drug-likeness (QED) is 0.530. The molecule has 0 spiro atoms. The van der Waals surface area contributed by atoms with Crippen molar-refractivity contribution in [3.05, 3.63) is 64.2 Å². The van der Waals surface area contributed by atoms with Crippen LogP contribution in [0.25, 0.3) is 0 Å². The van der Waals surface area contributed by atoms with E-state index < -0.39 is 13.4 Å². The second-order valence-corrected chi connectivity index (χ2v) is 10.9. The maximum absolute atomic E-state index is 11.0. The van der Waals surface area contributed by atoms with Gasteiger partial charge in [-0.2, -0.15) is 0 Å². The summed E-state index contributed by atoms with van der Waals surface area (Å²) in [6.45, 7) is 2.05. The molecule has 2 aromatic carbocycles. The summed E-state index contributed by atoms with van der Waals surface area (Å²) >= 11 is 0. The third-order valence-corrected chi connectivity index (χ3v) is 7.72. The molecular weight excluding hydrogens is 425 g/mol. The molecule has 174 valence electrons. The minimum absolute atomic E-state index is 0.106. The highest BCUT2D eigenvalue weighted by atomic mass is 31.2. The van der Waals surface area contributed by atoms with Crippen LogP contribution in [0.5, 0.6) is 5.75 Å². The van der Waals surface area contributed by atoms with Crippen molar-refractivity contribution >= 4 is 7.82 Å². The van der Waals surface area contributed by atoms with Crippen molar-refractivity contribution in [3.63, 3.8) is 0 Å². The zero-order valence-electron chi connectivity index (χ0n) is 18.9. The van der Waals surface area contributed by atoms with Gasteiger partial charge in [-0.1, -0.05) is 24.3 Å². The van der Waals surface area contributed by atoms with Gasteiger partial charge in [0.1, 0.15) is 5.75 Å². The van der Waals surface area contributed by atoms with E-state index in [9.17, 15) is 4.57 Å². The van der Waals surface area contributed by atoms with Crippen molar-refractivity contribution in [2.24, 2.45) is 11.7 Å². The van der Waals surface area contributed by atoms with E-state index in [1.54, 1.807) is 7.11 Å². The number of hydrogen-bond acceptors (Lipinski definition) is 4. The summed E-state index contributed by atoms with van der Waals surface area (Å²) in [5.41, 5.74) is 12.6. The first kappa shape index (κ1) is 23.5. The van der Waals surface area contributed by atoms with Gasteiger partial charge in [0, 0.05) is 5.54 Å². The van der Waals surface area contributed by atoms with E-state index in [-0.39, 0.29) is 6.61 Å². The topological polar surface area (TPSA) is 102 Å². The summed E-state index contributed by atoms with van der Waals surface area (Å²) in [5, 5.41) is 0. The number of methoxy groups -OCH3 is 1. The van der Waals surface area contributed by atoms with Gasteiger partial charge >= 0.3 is 7.82 Å². The highest BCUT2D eigenvalue weighted by molar-refractivity contribution is 7.46. The van der Waals surface area contributed by atoms with Crippen molar-refractivity contribution in [2.75, 3.05) is 13.7 Å². The molecule has 0 bridgehead atoms. The van der Waals surface area contributed by atoms with Gasteiger partial charge in [0.25, 0.3) is 0 Å². The highest BCUT2D eigenvalue weighted by Crippen LogP contribution is 2.44. The van der Waals surface area contributed by atoms with Crippen LogP contribution in [0.3, 0.4) is 0 Å². The summed E-state index contributed by atoms with van der Waals surface area (Å²) in [4.78, 5) is 18.0. The summed E-state index contributed by atoms with van der Waals surface area (Å²) in [5.74, 6) is 1.87. The Kier molecular flexibility index (Phi) is 6.81. The standard InChI is InChI=1S/C25H34NO5P/c1-17-11-24(30-2)8-7-19(17)12-18-3-4-21-14-22(6-5-20(21)13-18)23-9-10-25(26,15-23)16-31-32(27,28)29/h5-8,11,14,18,23H,3-4,9-10,12-13,15-16,26H2,1-2H3,(H2,27,28,29)/t18-,23-,25+/m0/s1. The largest absolute Gasteiger partial charge is 0.497 e. The molecule has 0 aromatic heterocycles. The van der Waals surface area contributed by atoms with Gasteiger partial charge in [0.15, 0.2) is 0 Å². The fraction of sp³-hybridized carbons (Fsp3) is 0.520. The predicted octanol–water partition coefficient (Wildman–Crippen LogP) is 4.43. The van der Waals surface area contributed by atoms with Gasteiger partial charge in [-0.25, -0.2) is 4.57 Å². The molecule has 1 fully saturated rings. The van der Waals surface area contributed by atoms with Crippen molar-refractivity contribution in [3.8, 4) is 5.75 Å². The molecule has 32 heavy (non-hydrogen) atoms. The van der Waals surface area contributed by atoms with Gasteiger partial charge < -0.3 is 20.3 Å². The lowest BCUT2D eigenvalue weighted by atomic mass is 9.79. The number of ether oxygens (including phenoxy) is 1. The van der Waals surface area contributed by atoms with Crippen LogP contribution in [0.1, 0.15) is 59.4 Å². The first-order valence-corrected chi connectivity index (χ1v) is 12.9. The van der Waals surface area contributed by atoms with Gasteiger partial charge in [-0.15, -0.1) is 0 Å². The molecule has 2 aromatic rings. The monoisotopic (exact) mass is 459 g/mol. The van der Waals surface area contributed by atoms with Gasteiger partial charge in [0.2, 0.25) is 0 Å². The molecule has 0 unspecified atom stereocenters. The van der Waals surface area contributed by atoms with Gasteiger partial charge in [-0.3, -0.25) is 4.52 Å². The van der Waals surface area contributed by atoms with Crippen molar-refractivity contribution in [2.45, 2.75) is 63.3 Å². The Balaban J connectivity index is 1.39. The summed E-state index contributed by atoms with van der Waals surface area (Å²) in [6, 6.07) is 13.2. The normalized spacial score (nSPS) is 25.5. The van der Waals surface area contributed by atoms with Crippen LogP contribution in [0.4, 0.5) is 0 Å². The zero-order valence-corrected chi connectivity index (χ0v) is 19.8. The number of phosphoric ester groups is 1. The third-order valence-electron chi connectivity index (χ3n) is 7.25. The Hall–Kier alpha value is -1.69. The predicted molar refractivity (Wildman–Crippen MR) is 125 cm³/mol. The van der Waals surface area contributed by atoms with E-state index in [0.29, 0.717) is 24.7 Å². The van der Waals surface area contributed by atoms with Crippen molar-refractivity contribution in [1.29, 1.82) is 0 Å². The number of benzene rings is 2. The molecule has 3 atom stereocenters. The number of aryl methyl sites for hydroxylation is 2. The first-order valence-electron chi connectivity index (χ1n) is 11.4. The SMILES string of the molecule is COc1ccc(C[C@@H]2CCc3cc([C@H]4CC[C@](N)(COP(=O)(O)O)C4)ccc3C2)c(C)c1. The summed E-state index contributed by atoms with van der Waals surface area (Å²) < 4.78 is 21.1. The van der Waals surface area contributed by atoms with Crippen molar-refractivity contribution in [1.82, 2.24) is 0 Å². The van der Waals surface area contributed by atoms with E-state index in [1.807, 2.05) is 0 Å². The second kappa shape index (κ2) is 9.28. The Bertz CT molecular complexity index is 1020. The van der Waals surface area contributed by atoms with E-state index in [0.717, 1.165) is 31.4 Å². The summed E-state index contributed by atoms with van der Waals surface area (Å²) in [7, 11) is -2.79. The molecule has 6 nitrogen and oxygen atoms in total. The molecule has 7 heteroatoms. The van der Waals surface area contributed by atoms with Crippen LogP contribution in [0, 0.1) is 12.8 Å². The average molecular weight is 460 g/mol. The van der Waals surface area contributed by atoms with Gasteiger partial charge in [0.05, 0.1) is 13.7 Å². The van der Waals surface area contributed by atoms with Crippen LogP contribution in [-0.2, 0) is 28.4 Å². The van der Waals surface area contributed by atoms with E-state index in [4.69, 9.17) is 24.8 Å². The number of phosphoric acid groups is 1. The molecule has 0 heterocycles. The molecule has 0 radical (unpaired) electrons. The Morgan fingerprint density at radius 1 is 1.16 bits per heavy atom. The molecule has 2 aliphatic carbocycles. The maximum atomic E-state index is 11.0. The van der Waals surface area contributed by atoms with Crippen molar-refractivity contribution < 1.29 is 23.6 Å². The molecule has 4 rings (SSSR count). The lowest BCUT2D eigenvalue weighted by Gasteiger charge is -2.27. The Morgan fingerprint density at radius 3 is 2.69 bits per heavy atom. The lowest BCUT2D eigenvalue weighted by Crippen LogP contribution is -2.41. The number of nitrogens with two attached hydrogens (primary N) is 1. The molecule has 0 aliphatic heterocycles. The van der Waals surface area contributed by atoms with Crippen LogP contribution in [-0.4, -0.2) is 29.0 Å². The molecule has 1 saturated carbocycles. The zero-order chi connectivity index (χ0) is 22.9. The Morgan fingerprint density at radius 2 is 1.97 bits per heavy atom. The first-order chi connectivity index (χ1) is 15.1. The van der Waals surface area contributed by atoms with Crippen LogP contribution >= 0.6 is 7.82 Å². The van der Waals surface area contributed by atoms with Crippen LogP contribution in [0.2, 0.25) is 0 Å². The van der Waals surface area contributed by atoms with Crippen LogP contribution in [0.15, 0.2) is 36.4 Å². The minimum Gasteiger partial charge on any atom is -0.497 e. The fourth-order valence-electron chi connectivity index (χ4n) is 5.40. The molecule has 2 aliphatic rings. The molecule has 4 N–H and O–H groups in total. The third kappa shape index (κ3) is 5.62. The second-order valence-electron chi connectivity index (χ2n) is 9.70. The molecular formula is C25H34NO5P. The van der Waals surface area contributed by atoms with E-state index in [1.165, 1.54) is 34.2 Å². The van der Waals surface area contributed by atoms with E-state index >= 15 is 0 Å². The molecule has 0 amide bonds.